The molecule has 0 amide bonds. The Hall–Kier alpha value is -7.66. The Kier molecular flexibility index (Phi) is 9.20. The lowest BCUT2D eigenvalue weighted by molar-refractivity contribution is 0.660. The molecule has 10 aromatic carbocycles. The van der Waals surface area contributed by atoms with Gasteiger partial charge in [-0.25, -0.2) is 0 Å². The van der Waals surface area contributed by atoms with Crippen LogP contribution in [0.2, 0.25) is 19.6 Å². The van der Waals surface area contributed by atoms with E-state index in [1.165, 1.54) is 49.3 Å². The summed E-state index contributed by atoms with van der Waals surface area (Å²) in [4.78, 5) is 4.79. The van der Waals surface area contributed by atoms with Gasteiger partial charge in [0, 0.05) is 61.6 Å². The zero-order valence-electron chi connectivity index (χ0n) is 38.0. The number of fused-ring (bicyclic) bond motifs is 11. The number of anilines is 6. The van der Waals surface area contributed by atoms with Crippen LogP contribution in [-0.2, 0) is 5.41 Å². The topological polar surface area (TPSA) is 19.6 Å². The first-order valence-corrected chi connectivity index (χ1v) is 26.6. The van der Waals surface area contributed by atoms with Gasteiger partial charge < -0.3 is 14.2 Å². The second-order valence-corrected chi connectivity index (χ2v) is 24.4. The predicted molar refractivity (Wildman–Crippen MR) is 284 cm³/mol. The van der Waals surface area contributed by atoms with Crippen molar-refractivity contribution >= 4 is 90.9 Å². The van der Waals surface area contributed by atoms with Gasteiger partial charge in [0.2, 0.25) is 0 Å². The van der Waals surface area contributed by atoms with Crippen LogP contribution < -0.4 is 15.0 Å². The van der Waals surface area contributed by atoms with Crippen molar-refractivity contribution in [1.29, 1.82) is 0 Å². The second kappa shape index (κ2) is 15.2. The van der Waals surface area contributed by atoms with Crippen LogP contribution in [-0.4, -0.2) is 8.07 Å². The van der Waals surface area contributed by atoms with Gasteiger partial charge in [0.25, 0.3) is 0 Å². The third-order valence-corrected chi connectivity index (χ3v) is 16.1. The Morgan fingerprint density at radius 2 is 0.955 bits per heavy atom. The zero-order valence-corrected chi connectivity index (χ0v) is 39.0. The van der Waals surface area contributed by atoms with Crippen molar-refractivity contribution < 1.29 is 4.42 Å². The molecule has 0 atom stereocenters. The molecule has 0 saturated carbocycles. The first kappa shape index (κ1) is 39.9. The molecule has 1 aliphatic rings. The van der Waals surface area contributed by atoms with Crippen LogP contribution in [0.4, 0.5) is 34.1 Å². The Bertz CT molecular complexity index is 3660. The fourth-order valence-electron chi connectivity index (χ4n) is 10.6. The first-order valence-electron chi connectivity index (χ1n) is 23.1. The summed E-state index contributed by atoms with van der Waals surface area (Å²) >= 11 is 0. The maximum Gasteiger partial charge on any atom is 0.143 e. The molecule has 0 bridgehead atoms. The van der Waals surface area contributed by atoms with Crippen molar-refractivity contribution in [2.24, 2.45) is 0 Å². The summed E-state index contributed by atoms with van der Waals surface area (Å²) in [5.41, 5.74) is 15.9. The minimum absolute atomic E-state index is 0.144. The number of para-hydroxylation sites is 2. The smallest absolute Gasteiger partial charge is 0.143 e. The quantitative estimate of drug-likeness (QED) is 0.112. The standard InChI is InChI=1S/C62H50N2OSi/c1-62(2)56-26-16-14-24-50(56)51-35-30-45(39-57(51)62)64(58-27-17-15-22-48(58)41-18-8-6-9-19-41)44-31-36-53-55(38-44)49-23-12-13-25-52(49)60-54-37-32-46(40-59(54)65-61(53)60)63(42-20-10-7-11-21-42)43-28-33-47(34-29-43)66(3,4)5/h6-40H,1-5H3. The van der Waals surface area contributed by atoms with Crippen molar-refractivity contribution in [2.45, 2.75) is 38.9 Å². The van der Waals surface area contributed by atoms with Gasteiger partial charge in [0.05, 0.1) is 13.8 Å². The Morgan fingerprint density at radius 1 is 0.394 bits per heavy atom. The van der Waals surface area contributed by atoms with Gasteiger partial charge in [-0.2, -0.15) is 0 Å². The van der Waals surface area contributed by atoms with Crippen molar-refractivity contribution in [3.05, 3.63) is 223 Å². The van der Waals surface area contributed by atoms with Gasteiger partial charge >= 0.3 is 0 Å². The fraction of sp³-hybridized carbons (Fsp3) is 0.0968. The minimum Gasteiger partial charge on any atom is -0.455 e. The van der Waals surface area contributed by atoms with Crippen LogP contribution in [0.1, 0.15) is 25.0 Å². The van der Waals surface area contributed by atoms with Crippen molar-refractivity contribution in [2.75, 3.05) is 9.80 Å². The number of hydrogen-bond acceptors (Lipinski definition) is 3. The van der Waals surface area contributed by atoms with E-state index in [2.05, 4.69) is 256 Å². The maximum atomic E-state index is 7.12. The van der Waals surface area contributed by atoms with Gasteiger partial charge in [0.1, 0.15) is 11.2 Å². The Labute approximate surface area is 387 Å². The third-order valence-electron chi connectivity index (χ3n) is 14.0. The summed E-state index contributed by atoms with van der Waals surface area (Å²) in [5, 5.41) is 8.32. The lowest BCUT2D eigenvalue weighted by atomic mass is 9.82. The van der Waals surface area contributed by atoms with Crippen LogP contribution in [0.5, 0.6) is 0 Å². The summed E-state index contributed by atoms with van der Waals surface area (Å²) in [7, 11) is -1.47. The van der Waals surface area contributed by atoms with Crippen LogP contribution in [0.3, 0.4) is 0 Å². The van der Waals surface area contributed by atoms with Crippen molar-refractivity contribution in [3.8, 4) is 22.3 Å². The van der Waals surface area contributed by atoms with E-state index in [1.54, 1.807) is 0 Å². The molecule has 1 heterocycles. The van der Waals surface area contributed by atoms with E-state index in [0.717, 1.165) is 66.8 Å². The van der Waals surface area contributed by atoms with E-state index in [1.807, 2.05) is 0 Å². The average Bonchev–Trinajstić information content (AvgIpc) is 3.84. The van der Waals surface area contributed by atoms with Crippen molar-refractivity contribution in [3.63, 3.8) is 0 Å². The molecule has 0 N–H and O–H groups in total. The van der Waals surface area contributed by atoms with E-state index in [-0.39, 0.29) is 5.41 Å². The minimum atomic E-state index is -1.47. The van der Waals surface area contributed by atoms with Crippen LogP contribution in [0.15, 0.2) is 217 Å². The molecule has 0 spiro atoms. The molecule has 3 nitrogen and oxygen atoms in total. The molecule has 12 rings (SSSR count). The molecule has 0 aliphatic heterocycles. The highest BCUT2D eigenvalue weighted by molar-refractivity contribution is 6.88. The second-order valence-electron chi connectivity index (χ2n) is 19.3. The molecule has 4 heteroatoms. The molecule has 66 heavy (non-hydrogen) atoms. The zero-order chi connectivity index (χ0) is 44.7. The lowest BCUT2D eigenvalue weighted by Gasteiger charge is -2.30. The molecule has 1 aromatic heterocycles. The first-order chi connectivity index (χ1) is 32.1. The largest absolute Gasteiger partial charge is 0.455 e. The summed E-state index contributed by atoms with van der Waals surface area (Å²) in [6.45, 7) is 11.9. The number of furan rings is 1. The number of nitrogens with zero attached hydrogens (tertiary/aromatic N) is 2. The molecular weight excluding hydrogens is 817 g/mol. The number of rotatable bonds is 8. The van der Waals surface area contributed by atoms with Crippen molar-refractivity contribution in [1.82, 2.24) is 0 Å². The molecule has 0 fully saturated rings. The molecule has 0 radical (unpaired) electrons. The molecule has 11 aromatic rings. The van der Waals surface area contributed by atoms with Gasteiger partial charge in [0.15, 0.2) is 0 Å². The highest BCUT2D eigenvalue weighted by Crippen LogP contribution is 2.52. The SMILES string of the molecule is CC1(C)c2ccccc2-c2ccc(N(c3ccc4c(c3)c3ccccc3c3c5ccc(N(c6ccccc6)c6ccc([Si](C)(C)C)cc6)cc5oc43)c3ccccc3-c3ccccc3)cc21. The van der Waals surface area contributed by atoms with Crippen LogP contribution in [0, 0.1) is 0 Å². The summed E-state index contributed by atoms with van der Waals surface area (Å²) in [6, 6.07) is 77.8. The van der Waals surface area contributed by atoms with Gasteiger partial charge in [-0.05, 0) is 117 Å². The van der Waals surface area contributed by atoms with E-state index >= 15 is 0 Å². The normalized spacial score (nSPS) is 13.0. The van der Waals surface area contributed by atoms with Gasteiger partial charge in [-0.15, -0.1) is 0 Å². The molecule has 0 saturated heterocycles. The summed E-state index contributed by atoms with van der Waals surface area (Å²) < 4.78 is 7.12. The number of hydrogen-bond donors (Lipinski definition) is 0. The van der Waals surface area contributed by atoms with E-state index in [9.17, 15) is 0 Å². The molecule has 1 aliphatic carbocycles. The van der Waals surface area contributed by atoms with Crippen LogP contribution in [0.25, 0.3) is 65.7 Å². The molecule has 0 unspecified atom stereocenters. The highest BCUT2D eigenvalue weighted by atomic mass is 28.3. The van der Waals surface area contributed by atoms with E-state index in [0.29, 0.717) is 0 Å². The third kappa shape index (κ3) is 6.39. The van der Waals surface area contributed by atoms with E-state index in [4.69, 9.17) is 4.42 Å². The fourth-order valence-corrected chi connectivity index (χ4v) is 11.8. The average molecular weight is 867 g/mol. The summed E-state index contributed by atoms with van der Waals surface area (Å²) in [6.07, 6.45) is 0. The Balaban J connectivity index is 1.06. The van der Waals surface area contributed by atoms with Crippen LogP contribution >= 0.6 is 0 Å². The summed E-state index contributed by atoms with van der Waals surface area (Å²) in [5.74, 6) is 0. The monoisotopic (exact) mass is 866 g/mol. The van der Waals surface area contributed by atoms with E-state index < -0.39 is 8.07 Å². The number of benzene rings is 10. The highest BCUT2D eigenvalue weighted by Gasteiger charge is 2.36. The van der Waals surface area contributed by atoms with Gasteiger partial charge in [-0.1, -0.05) is 172 Å². The molecule has 318 valence electrons. The predicted octanol–water partition coefficient (Wildman–Crippen LogP) is 17.4. The molecular formula is C62H50N2OSi. The lowest BCUT2D eigenvalue weighted by Crippen LogP contribution is -2.37. The maximum absolute atomic E-state index is 7.12. The van der Waals surface area contributed by atoms with Gasteiger partial charge in [-0.3, -0.25) is 0 Å². The Morgan fingerprint density at radius 3 is 1.71 bits per heavy atom.